The Labute approximate surface area is 109 Å². The minimum absolute atomic E-state index is 0.586. The third kappa shape index (κ3) is 2.35. The molecule has 0 bridgehead atoms. The molecule has 1 N–H and O–H groups in total. The lowest BCUT2D eigenvalue weighted by atomic mass is 10.3. The summed E-state index contributed by atoms with van der Waals surface area (Å²) < 4.78 is 6.40. The van der Waals surface area contributed by atoms with Crippen molar-refractivity contribution in [2.75, 3.05) is 23.9 Å². The number of thiazole rings is 1. The van der Waals surface area contributed by atoms with Crippen molar-refractivity contribution in [2.24, 2.45) is 0 Å². The quantitative estimate of drug-likeness (QED) is 0.925. The molecule has 0 spiro atoms. The molecule has 0 saturated carbocycles. The standard InChI is InChI=1S/C12H14N2OS2/c1-15-9-2-3-10-11(6-9)17-12(14-10)13-8-4-5-16-7-8/h2-3,6,8H,4-5,7H2,1H3,(H,13,14). The van der Waals surface area contributed by atoms with Gasteiger partial charge in [-0.3, -0.25) is 0 Å². The number of rotatable bonds is 3. The van der Waals surface area contributed by atoms with Gasteiger partial charge in [0, 0.05) is 11.8 Å². The molecule has 1 atom stereocenters. The number of hydrogen-bond donors (Lipinski definition) is 1. The van der Waals surface area contributed by atoms with Crippen LogP contribution in [0.5, 0.6) is 5.75 Å². The molecule has 5 heteroatoms. The Balaban J connectivity index is 1.85. The summed E-state index contributed by atoms with van der Waals surface area (Å²) in [7, 11) is 1.69. The van der Waals surface area contributed by atoms with Crippen molar-refractivity contribution in [3.8, 4) is 5.75 Å². The highest BCUT2D eigenvalue weighted by Crippen LogP contribution is 2.30. The molecule has 0 radical (unpaired) electrons. The fourth-order valence-electron chi connectivity index (χ4n) is 1.92. The van der Waals surface area contributed by atoms with E-state index in [4.69, 9.17) is 4.74 Å². The fourth-order valence-corrected chi connectivity index (χ4v) is 4.04. The Morgan fingerprint density at radius 1 is 1.47 bits per heavy atom. The normalized spacial score (nSPS) is 19.7. The summed E-state index contributed by atoms with van der Waals surface area (Å²) in [5, 5.41) is 4.54. The van der Waals surface area contributed by atoms with Gasteiger partial charge in [-0.2, -0.15) is 11.8 Å². The summed E-state index contributed by atoms with van der Waals surface area (Å²) in [4.78, 5) is 4.59. The van der Waals surface area contributed by atoms with Crippen molar-refractivity contribution >= 4 is 38.4 Å². The van der Waals surface area contributed by atoms with E-state index in [1.165, 1.54) is 22.6 Å². The average molecular weight is 266 g/mol. The Kier molecular flexibility index (Phi) is 3.11. The molecule has 3 rings (SSSR count). The maximum absolute atomic E-state index is 5.22. The van der Waals surface area contributed by atoms with Gasteiger partial charge in [0.1, 0.15) is 5.75 Å². The van der Waals surface area contributed by atoms with Crippen LogP contribution in [0.1, 0.15) is 6.42 Å². The van der Waals surface area contributed by atoms with Gasteiger partial charge in [0.2, 0.25) is 0 Å². The Morgan fingerprint density at radius 2 is 2.41 bits per heavy atom. The molecule has 2 aromatic rings. The number of hydrogen-bond acceptors (Lipinski definition) is 5. The predicted octanol–water partition coefficient (Wildman–Crippen LogP) is 3.22. The van der Waals surface area contributed by atoms with Crippen LogP contribution in [-0.2, 0) is 0 Å². The Hall–Kier alpha value is -0.940. The Bertz CT molecular complexity index is 520. The van der Waals surface area contributed by atoms with Gasteiger partial charge >= 0.3 is 0 Å². The number of nitrogens with one attached hydrogen (secondary N) is 1. The first-order valence-corrected chi connectivity index (χ1v) is 7.61. The molecular weight excluding hydrogens is 252 g/mol. The maximum Gasteiger partial charge on any atom is 0.184 e. The maximum atomic E-state index is 5.22. The molecule has 1 unspecified atom stereocenters. The summed E-state index contributed by atoms with van der Waals surface area (Å²) in [6, 6.07) is 6.60. The molecule has 3 nitrogen and oxygen atoms in total. The van der Waals surface area contributed by atoms with E-state index in [0.717, 1.165) is 16.4 Å². The molecule has 1 aromatic heterocycles. The first-order valence-electron chi connectivity index (χ1n) is 5.64. The largest absolute Gasteiger partial charge is 0.497 e. The second-order valence-electron chi connectivity index (χ2n) is 4.06. The van der Waals surface area contributed by atoms with Crippen LogP contribution < -0.4 is 10.1 Å². The van der Waals surface area contributed by atoms with Crippen LogP contribution in [0.3, 0.4) is 0 Å². The molecule has 0 amide bonds. The van der Waals surface area contributed by atoms with Crippen LogP contribution in [0.15, 0.2) is 18.2 Å². The first kappa shape index (κ1) is 11.2. The number of fused-ring (bicyclic) bond motifs is 1. The number of ether oxygens (including phenoxy) is 1. The van der Waals surface area contributed by atoms with Crippen LogP contribution in [0.4, 0.5) is 5.13 Å². The van der Waals surface area contributed by atoms with Crippen molar-refractivity contribution in [3.05, 3.63) is 18.2 Å². The van der Waals surface area contributed by atoms with E-state index < -0.39 is 0 Å². The van der Waals surface area contributed by atoms with Gasteiger partial charge < -0.3 is 10.1 Å². The molecule has 1 aliphatic heterocycles. The van der Waals surface area contributed by atoms with Crippen LogP contribution in [0, 0.1) is 0 Å². The highest BCUT2D eigenvalue weighted by Gasteiger charge is 2.16. The van der Waals surface area contributed by atoms with Crippen molar-refractivity contribution in [3.63, 3.8) is 0 Å². The lowest BCUT2D eigenvalue weighted by Crippen LogP contribution is -2.17. The Morgan fingerprint density at radius 3 is 3.18 bits per heavy atom. The highest BCUT2D eigenvalue weighted by molar-refractivity contribution is 7.99. The molecule has 90 valence electrons. The summed E-state index contributed by atoms with van der Waals surface area (Å²) >= 11 is 3.71. The topological polar surface area (TPSA) is 34.1 Å². The van der Waals surface area contributed by atoms with Gasteiger partial charge in [-0.25, -0.2) is 4.98 Å². The van der Waals surface area contributed by atoms with Gasteiger partial charge in [-0.05, 0) is 30.4 Å². The van der Waals surface area contributed by atoms with Crippen LogP contribution >= 0.6 is 23.1 Å². The predicted molar refractivity (Wildman–Crippen MR) is 75.5 cm³/mol. The molecule has 1 fully saturated rings. The number of nitrogens with zero attached hydrogens (tertiary/aromatic N) is 1. The van der Waals surface area contributed by atoms with E-state index in [2.05, 4.69) is 10.3 Å². The lowest BCUT2D eigenvalue weighted by Gasteiger charge is -2.08. The first-order chi connectivity index (χ1) is 8.35. The van der Waals surface area contributed by atoms with Crippen molar-refractivity contribution in [1.29, 1.82) is 0 Å². The van der Waals surface area contributed by atoms with Gasteiger partial charge in [-0.1, -0.05) is 11.3 Å². The van der Waals surface area contributed by atoms with E-state index in [1.54, 1.807) is 18.4 Å². The van der Waals surface area contributed by atoms with E-state index >= 15 is 0 Å². The van der Waals surface area contributed by atoms with Crippen molar-refractivity contribution in [1.82, 2.24) is 4.98 Å². The van der Waals surface area contributed by atoms with Gasteiger partial charge in [0.05, 0.1) is 17.3 Å². The van der Waals surface area contributed by atoms with Crippen LogP contribution in [0.2, 0.25) is 0 Å². The smallest absolute Gasteiger partial charge is 0.184 e. The van der Waals surface area contributed by atoms with Crippen LogP contribution in [-0.4, -0.2) is 29.6 Å². The summed E-state index contributed by atoms with van der Waals surface area (Å²) in [6.07, 6.45) is 1.24. The summed E-state index contributed by atoms with van der Waals surface area (Å²) in [5.74, 6) is 3.35. The zero-order valence-corrected chi connectivity index (χ0v) is 11.2. The summed E-state index contributed by atoms with van der Waals surface area (Å²) in [6.45, 7) is 0. The van der Waals surface area contributed by atoms with Crippen molar-refractivity contribution in [2.45, 2.75) is 12.5 Å². The second kappa shape index (κ2) is 4.74. The number of methoxy groups -OCH3 is 1. The van der Waals surface area contributed by atoms with E-state index in [-0.39, 0.29) is 0 Å². The molecular formula is C12H14N2OS2. The van der Waals surface area contributed by atoms with Crippen LogP contribution in [0.25, 0.3) is 10.2 Å². The van der Waals surface area contributed by atoms with Gasteiger partial charge in [0.25, 0.3) is 0 Å². The second-order valence-corrected chi connectivity index (χ2v) is 6.24. The minimum Gasteiger partial charge on any atom is -0.497 e. The fraction of sp³-hybridized carbons (Fsp3) is 0.417. The number of anilines is 1. The monoisotopic (exact) mass is 266 g/mol. The van der Waals surface area contributed by atoms with Gasteiger partial charge in [-0.15, -0.1) is 0 Å². The molecule has 1 saturated heterocycles. The van der Waals surface area contributed by atoms with E-state index in [1.807, 2.05) is 30.0 Å². The third-order valence-corrected chi connectivity index (χ3v) is 4.96. The zero-order valence-electron chi connectivity index (χ0n) is 9.60. The van der Waals surface area contributed by atoms with E-state index in [0.29, 0.717) is 6.04 Å². The number of benzene rings is 1. The zero-order chi connectivity index (χ0) is 11.7. The van der Waals surface area contributed by atoms with Gasteiger partial charge in [0.15, 0.2) is 5.13 Å². The minimum atomic E-state index is 0.586. The average Bonchev–Trinajstić information content (AvgIpc) is 2.96. The SMILES string of the molecule is COc1ccc2nc(NC3CCSC3)sc2c1. The number of aromatic nitrogens is 1. The highest BCUT2D eigenvalue weighted by atomic mass is 32.2. The third-order valence-electron chi connectivity index (χ3n) is 2.85. The lowest BCUT2D eigenvalue weighted by molar-refractivity contribution is 0.415. The molecule has 17 heavy (non-hydrogen) atoms. The molecule has 1 aliphatic rings. The van der Waals surface area contributed by atoms with Crippen molar-refractivity contribution < 1.29 is 4.74 Å². The molecule has 1 aromatic carbocycles. The molecule has 0 aliphatic carbocycles. The summed E-state index contributed by atoms with van der Waals surface area (Å²) in [5.41, 5.74) is 1.05. The van der Waals surface area contributed by atoms with E-state index in [9.17, 15) is 0 Å². The number of thioether (sulfide) groups is 1. The molecule has 2 heterocycles.